The summed E-state index contributed by atoms with van der Waals surface area (Å²) >= 11 is 0. The van der Waals surface area contributed by atoms with E-state index in [-0.39, 0.29) is 4.90 Å². The van der Waals surface area contributed by atoms with Crippen molar-refractivity contribution in [3.8, 4) is 5.75 Å². The molecule has 112 valence electrons. The molecule has 0 amide bonds. The van der Waals surface area contributed by atoms with Gasteiger partial charge in [-0.15, -0.1) is 0 Å². The van der Waals surface area contributed by atoms with Gasteiger partial charge < -0.3 is 9.84 Å². The van der Waals surface area contributed by atoms with Gasteiger partial charge in [0.2, 0.25) is 0 Å². The largest absolute Gasteiger partial charge is 0.497 e. The number of carbonyl (C=O) groups is 1. The third kappa shape index (κ3) is 3.72. The fourth-order valence-corrected chi connectivity index (χ4v) is 2.61. The SMILES string of the molecule is COc1cccc(NS(=O)(=O)c2cnn(CC(=O)O)c2)c1. The number of carboxylic acids is 1. The van der Waals surface area contributed by atoms with Crippen molar-refractivity contribution >= 4 is 21.7 Å². The molecule has 0 spiro atoms. The minimum atomic E-state index is -3.84. The van der Waals surface area contributed by atoms with E-state index in [1.165, 1.54) is 13.2 Å². The summed E-state index contributed by atoms with van der Waals surface area (Å²) in [5, 5.41) is 12.3. The van der Waals surface area contributed by atoms with Gasteiger partial charge in [-0.25, -0.2) is 8.42 Å². The summed E-state index contributed by atoms with van der Waals surface area (Å²) in [5.74, 6) is -0.598. The summed E-state index contributed by atoms with van der Waals surface area (Å²) in [4.78, 5) is 10.4. The third-order valence-corrected chi connectivity index (χ3v) is 3.87. The lowest BCUT2D eigenvalue weighted by Gasteiger charge is -2.07. The number of sulfonamides is 1. The Morgan fingerprint density at radius 2 is 2.24 bits per heavy atom. The number of rotatable bonds is 6. The van der Waals surface area contributed by atoms with E-state index < -0.39 is 22.5 Å². The van der Waals surface area contributed by atoms with Crippen molar-refractivity contribution < 1.29 is 23.1 Å². The van der Waals surface area contributed by atoms with Gasteiger partial charge in [0.25, 0.3) is 10.0 Å². The van der Waals surface area contributed by atoms with E-state index in [1.54, 1.807) is 18.2 Å². The molecule has 0 atom stereocenters. The number of nitrogens with zero attached hydrogens (tertiary/aromatic N) is 2. The van der Waals surface area contributed by atoms with Crippen LogP contribution in [0.25, 0.3) is 0 Å². The molecule has 2 N–H and O–H groups in total. The molecule has 0 saturated carbocycles. The molecule has 0 aliphatic heterocycles. The molecule has 0 radical (unpaired) electrons. The van der Waals surface area contributed by atoms with E-state index in [0.717, 1.165) is 17.1 Å². The summed E-state index contributed by atoms with van der Waals surface area (Å²) in [6, 6.07) is 6.42. The van der Waals surface area contributed by atoms with Gasteiger partial charge in [0.1, 0.15) is 17.2 Å². The predicted molar refractivity (Wildman–Crippen MR) is 73.7 cm³/mol. The lowest BCUT2D eigenvalue weighted by molar-refractivity contribution is -0.137. The first kappa shape index (κ1) is 14.9. The van der Waals surface area contributed by atoms with Crippen molar-refractivity contribution in [3.63, 3.8) is 0 Å². The van der Waals surface area contributed by atoms with Crippen LogP contribution in [0.1, 0.15) is 0 Å². The highest BCUT2D eigenvalue weighted by Crippen LogP contribution is 2.20. The second-order valence-electron chi connectivity index (χ2n) is 4.10. The van der Waals surface area contributed by atoms with Crippen LogP contribution in [0.4, 0.5) is 5.69 Å². The molecule has 0 unspecified atom stereocenters. The van der Waals surface area contributed by atoms with Crippen LogP contribution in [0, 0.1) is 0 Å². The molecule has 1 heterocycles. The van der Waals surface area contributed by atoms with E-state index in [4.69, 9.17) is 9.84 Å². The molecule has 21 heavy (non-hydrogen) atoms. The van der Waals surface area contributed by atoms with Gasteiger partial charge in [0.05, 0.1) is 19.0 Å². The number of methoxy groups -OCH3 is 1. The first-order valence-corrected chi connectivity index (χ1v) is 7.30. The number of nitrogens with one attached hydrogen (secondary N) is 1. The Hall–Kier alpha value is -2.55. The highest BCUT2D eigenvalue weighted by Gasteiger charge is 2.17. The van der Waals surface area contributed by atoms with Crippen molar-refractivity contribution in [3.05, 3.63) is 36.7 Å². The first-order valence-electron chi connectivity index (χ1n) is 5.82. The van der Waals surface area contributed by atoms with Gasteiger partial charge in [0, 0.05) is 12.3 Å². The normalized spacial score (nSPS) is 11.1. The Balaban J connectivity index is 2.21. The number of aromatic nitrogens is 2. The topological polar surface area (TPSA) is 111 Å². The fraction of sp³-hybridized carbons (Fsp3) is 0.167. The van der Waals surface area contributed by atoms with Crippen LogP contribution < -0.4 is 9.46 Å². The molecule has 1 aromatic heterocycles. The number of carboxylic acid groups (broad SMARTS) is 1. The summed E-state index contributed by atoms with van der Waals surface area (Å²) in [5.41, 5.74) is 0.334. The van der Waals surface area contributed by atoms with Crippen molar-refractivity contribution in [1.29, 1.82) is 0 Å². The van der Waals surface area contributed by atoms with Gasteiger partial charge >= 0.3 is 5.97 Å². The molecule has 0 fully saturated rings. The molecular weight excluding hydrogens is 298 g/mol. The van der Waals surface area contributed by atoms with Crippen LogP contribution in [0.5, 0.6) is 5.75 Å². The maximum Gasteiger partial charge on any atom is 0.325 e. The highest BCUT2D eigenvalue weighted by atomic mass is 32.2. The summed E-state index contributed by atoms with van der Waals surface area (Å²) in [7, 11) is -2.36. The zero-order chi connectivity index (χ0) is 15.5. The number of benzene rings is 1. The maximum absolute atomic E-state index is 12.1. The molecule has 2 aromatic rings. The molecule has 9 heteroatoms. The molecule has 0 saturated heterocycles. The minimum Gasteiger partial charge on any atom is -0.497 e. The number of ether oxygens (including phenoxy) is 1. The van der Waals surface area contributed by atoms with E-state index >= 15 is 0 Å². The van der Waals surface area contributed by atoms with Crippen molar-refractivity contribution in [1.82, 2.24) is 9.78 Å². The monoisotopic (exact) mass is 311 g/mol. The van der Waals surface area contributed by atoms with Crippen LogP contribution in [0.3, 0.4) is 0 Å². The van der Waals surface area contributed by atoms with Crippen molar-refractivity contribution in [2.75, 3.05) is 11.8 Å². The first-order chi connectivity index (χ1) is 9.90. The van der Waals surface area contributed by atoms with E-state index in [0.29, 0.717) is 11.4 Å². The molecule has 0 aliphatic rings. The molecular formula is C12H13N3O5S. The molecule has 2 rings (SSSR count). The van der Waals surface area contributed by atoms with Crippen LogP contribution in [-0.2, 0) is 21.4 Å². The molecule has 0 aliphatic carbocycles. The summed E-state index contributed by atoms with van der Waals surface area (Å²) < 4.78 is 32.7. The smallest absolute Gasteiger partial charge is 0.325 e. The van der Waals surface area contributed by atoms with Crippen molar-refractivity contribution in [2.24, 2.45) is 0 Å². The molecule has 0 bridgehead atoms. The van der Waals surface area contributed by atoms with Crippen molar-refractivity contribution in [2.45, 2.75) is 11.4 Å². The molecule has 8 nitrogen and oxygen atoms in total. The number of anilines is 1. The number of hydrogen-bond donors (Lipinski definition) is 2. The van der Waals surface area contributed by atoms with Crippen LogP contribution in [0.2, 0.25) is 0 Å². The minimum absolute atomic E-state index is 0.119. The van der Waals surface area contributed by atoms with E-state index in [2.05, 4.69) is 9.82 Å². The standard InChI is InChI=1S/C12H13N3O5S/c1-20-10-4-2-3-9(5-10)14-21(18,19)11-6-13-15(7-11)8-12(16)17/h2-7,14H,8H2,1H3,(H,16,17). The van der Waals surface area contributed by atoms with Gasteiger partial charge in [0.15, 0.2) is 0 Å². The number of aliphatic carboxylic acids is 1. The second-order valence-corrected chi connectivity index (χ2v) is 5.79. The van der Waals surface area contributed by atoms with Gasteiger partial charge in [-0.3, -0.25) is 14.2 Å². The zero-order valence-electron chi connectivity index (χ0n) is 11.1. The number of hydrogen-bond acceptors (Lipinski definition) is 5. The maximum atomic E-state index is 12.1. The highest BCUT2D eigenvalue weighted by molar-refractivity contribution is 7.92. The lowest BCUT2D eigenvalue weighted by Crippen LogP contribution is -2.13. The summed E-state index contributed by atoms with van der Waals surface area (Å²) in [6.07, 6.45) is 2.24. The van der Waals surface area contributed by atoms with Crippen LogP contribution >= 0.6 is 0 Å². The predicted octanol–water partition coefficient (Wildman–Crippen LogP) is 0.777. The quantitative estimate of drug-likeness (QED) is 0.815. The Bertz CT molecular complexity index is 754. The van der Waals surface area contributed by atoms with Gasteiger partial charge in [-0.2, -0.15) is 5.10 Å². The Morgan fingerprint density at radius 1 is 1.48 bits per heavy atom. The Morgan fingerprint density at radius 3 is 2.90 bits per heavy atom. The summed E-state index contributed by atoms with van der Waals surface area (Å²) in [6.45, 7) is -0.408. The van der Waals surface area contributed by atoms with Gasteiger partial charge in [-0.1, -0.05) is 6.07 Å². The fourth-order valence-electron chi connectivity index (χ4n) is 1.61. The van der Waals surface area contributed by atoms with E-state index in [1.807, 2.05) is 0 Å². The Labute approximate surface area is 121 Å². The van der Waals surface area contributed by atoms with Gasteiger partial charge in [-0.05, 0) is 12.1 Å². The zero-order valence-corrected chi connectivity index (χ0v) is 11.9. The third-order valence-electron chi connectivity index (χ3n) is 2.54. The average Bonchev–Trinajstić information content (AvgIpc) is 2.87. The van der Waals surface area contributed by atoms with Crippen LogP contribution in [-0.4, -0.2) is 36.4 Å². The Kier molecular flexibility index (Phi) is 4.13. The van der Waals surface area contributed by atoms with E-state index in [9.17, 15) is 13.2 Å². The molecule has 1 aromatic carbocycles. The average molecular weight is 311 g/mol. The second kappa shape index (κ2) is 5.83. The lowest BCUT2D eigenvalue weighted by atomic mass is 10.3. The van der Waals surface area contributed by atoms with Crippen LogP contribution in [0.15, 0.2) is 41.6 Å².